The molecule has 2 aliphatic rings. The van der Waals surface area contributed by atoms with Crippen LogP contribution in [0.1, 0.15) is 5.56 Å². The fourth-order valence-electron chi connectivity index (χ4n) is 3.26. The first-order chi connectivity index (χ1) is 12.0. The predicted octanol–water partition coefficient (Wildman–Crippen LogP) is 3.62. The van der Waals surface area contributed by atoms with Crippen LogP contribution in [0.15, 0.2) is 59.6 Å². The van der Waals surface area contributed by atoms with Gasteiger partial charge in [-0.1, -0.05) is 53.7 Å². The zero-order valence-corrected chi connectivity index (χ0v) is 15.8. The summed E-state index contributed by atoms with van der Waals surface area (Å²) in [5, 5.41) is 1.55. The number of aliphatic imine (C=N–C) groups is 1. The van der Waals surface area contributed by atoms with Crippen molar-refractivity contribution < 1.29 is 8.42 Å². The van der Waals surface area contributed by atoms with Gasteiger partial charge in [0.05, 0.1) is 23.6 Å². The van der Waals surface area contributed by atoms with Crippen LogP contribution < -0.4 is 4.90 Å². The highest BCUT2D eigenvalue weighted by Crippen LogP contribution is 2.36. The third-order valence-corrected chi connectivity index (χ3v) is 7.41. The smallest absolute Gasteiger partial charge is 0.164 e. The average Bonchev–Trinajstić information content (AvgIpc) is 3.06. The fourth-order valence-corrected chi connectivity index (χ4v) is 6.31. The summed E-state index contributed by atoms with van der Waals surface area (Å²) >= 11 is 7.65. The van der Waals surface area contributed by atoms with Crippen LogP contribution in [0.25, 0.3) is 0 Å². The molecule has 2 aliphatic heterocycles. The van der Waals surface area contributed by atoms with Crippen molar-refractivity contribution in [3.63, 3.8) is 0 Å². The van der Waals surface area contributed by atoms with Crippen molar-refractivity contribution in [2.24, 2.45) is 4.99 Å². The summed E-state index contributed by atoms with van der Waals surface area (Å²) in [6, 6.07) is 17.4. The fraction of sp³-hybridized carbons (Fsp3) is 0.278. The maximum absolute atomic E-state index is 12.0. The van der Waals surface area contributed by atoms with Gasteiger partial charge >= 0.3 is 0 Å². The molecule has 0 amide bonds. The maximum Gasteiger partial charge on any atom is 0.164 e. The molecule has 2 heterocycles. The molecule has 0 spiro atoms. The molecule has 2 aromatic rings. The second-order valence-electron chi connectivity index (χ2n) is 6.24. The predicted molar refractivity (Wildman–Crippen MR) is 105 cm³/mol. The monoisotopic (exact) mass is 392 g/mol. The molecule has 0 radical (unpaired) electrons. The first-order valence-electron chi connectivity index (χ1n) is 8.02. The summed E-state index contributed by atoms with van der Waals surface area (Å²) < 4.78 is 24.1. The van der Waals surface area contributed by atoms with Crippen LogP contribution in [-0.4, -0.2) is 37.2 Å². The van der Waals surface area contributed by atoms with Gasteiger partial charge in [-0.15, -0.1) is 0 Å². The molecular weight excluding hydrogens is 376 g/mol. The number of thioether (sulfide) groups is 1. The average molecular weight is 393 g/mol. The molecule has 4 rings (SSSR count). The van der Waals surface area contributed by atoms with E-state index in [1.807, 2.05) is 42.5 Å². The Morgan fingerprint density at radius 2 is 1.80 bits per heavy atom. The zero-order chi connectivity index (χ0) is 17.4. The number of benzene rings is 2. The Kier molecular flexibility index (Phi) is 4.52. The lowest BCUT2D eigenvalue weighted by Gasteiger charge is -2.26. The lowest BCUT2D eigenvalue weighted by Crippen LogP contribution is -2.39. The van der Waals surface area contributed by atoms with Crippen LogP contribution in [0.5, 0.6) is 0 Å². The molecule has 1 saturated heterocycles. The minimum Gasteiger partial charge on any atom is -0.315 e. The Morgan fingerprint density at radius 1 is 1.08 bits per heavy atom. The van der Waals surface area contributed by atoms with Crippen LogP contribution in [0.3, 0.4) is 0 Å². The highest BCUT2D eigenvalue weighted by Gasteiger charge is 2.47. The van der Waals surface area contributed by atoms with Crippen molar-refractivity contribution in [3.05, 3.63) is 65.2 Å². The number of sulfone groups is 1. The minimum absolute atomic E-state index is 0.121. The van der Waals surface area contributed by atoms with Gasteiger partial charge in [-0.05, 0) is 29.8 Å². The van der Waals surface area contributed by atoms with Gasteiger partial charge < -0.3 is 4.90 Å². The van der Waals surface area contributed by atoms with E-state index in [1.54, 1.807) is 11.8 Å². The number of rotatable bonds is 3. The van der Waals surface area contributed by atoms with Crippen molar-refractivity contribution in [3.8, 4) is 0 Å². The van der Waals surface area contributed by atoms with E-state index in [-0.39, 0.29) is 23.6 Å². The van der Waals surface area contributed by atoms with E-state index in [0.717, 1.165) is 16.6 Å². The SMILES string of the molecule is O=S1(=O)C[C@@H]2N=C(SCc3ccccc3)N(c3ccc(Cl)cc3)[C@@H]2C1. The van der Waals surface area contributed by atoms with Crippen LogP contribution >= 0.6 is 23.4 Å². The summed E-state index contributed by atoms with van der Waals surface area (Å²) in [5.41, 5.74) is 2.16. The molecular formula is C18H17ClN2O2S2. The Morgan fingerprint density at radius 3 is 2.52 bits per heavy atom. The van der Waals surface area contributed by atoms with Crippen molar-refractivity contribution in [1.29, 1.82) is 0 Å². The van der Waals surface area contributed by atoms with Gasteiger partial charge in [0.25, 0.3) is 0 Å². The summed E-state index contributed by atoms with van der Waals surface area (Å²) in [4.78, 5) is 6.80. The molecule has 2 aromatic carbocycles. The number of amidine groups is 1. The molecule has 130 valence electrons. The van der Waals surface area contributed by atoms with Gasteiger partial charge in [0.1, 0.15) is 0 Å². The van der Waals surface area contributed by atoms with Crippen molar-refractivity contribution in [1.82, 2.24) is 0 Å². The third kappa shape index (κ3) is 3.57. The molecule has 7 heteroatoms. The summed E-state index contributed by atoms with van der Waals surface area (Å²) in [6.45, 7) is 0. The number of hydrogen-bond donors (Lipinski definition) is 0. The highest BCUT2D eigenvalue weighted by molar-refractivity contribution is 8.13. The first kappa shape index (κ1) is 16.9. The highest BCUT2D eigenvalue weighted by atomic mass is 35.5. The van der Waals surface area contributed by atoms with Crippen LogP contribution in [0.4, 0.5) is 5.69 Å². The standard InChI is InChI=1S/C18H17ClN2O2S2/c19-14-6-8-15(9-7-14)21-17-12-25(22,23)11-16(17)20-18(21)24-10-13-4-2-1-3-5-13/h1-9,16-17H,10-12H2/t16-,17+/m0/s1. The second-order valence-corrected chi connectivity index (χ2v) is 9.78. The molecule has 0 saturated carbocycles. The lowest BCUT2D eigenvalue weighted by atomic mass is 10.1. The van der Waals surface area contributed by atoms with Gasteiger partial charge in [0, 0.05) is 16.5 Å². The second kappa shape index (κ2) is 6.67. The third-order valence-electron chi connectivity index (χ3n) is 4.42. The van der Waals surface area contributed by atoms with E-state index in [4.69, 9.17) is 16.6 Å². The number of hydrogen-bond acceptors (Lipinski definition) is 5. The first-order valence-corrected chi connectivity index (χ1v) is 11.2. The molecule has 4 nitrogen and oxygen atoms in total. The Balaban J connectivity index is 1.62. The van der Waals surface area contributed by atoms with Crippen molar-refractivity contribution >= 4 is 44.1 Å². The Hall–Kier alpha value is -1.50. The van der Waals surface area contributed by atoms with Crippen LogP contribution in [0.2, 0.25) is 5.02 Å². The number of nitrogens with zero attached hydrogens (tertiary/aromatic N) is 2. The van der Waals surface area contributed by atoms with E-state index in [2.05, 4.69) is 17.0 Å². The van der Waals surface area contributed by atoms with Crippen molar-refractivity contribution in [2.75, 3.05) is 16.4 Å². The molecule has 25 heavy (non-hydrogen) atoms. The normalized spacial score (nSPS) is 24.2. The largest absolute Gasteiger partial charge is 0.315 e. The van der Waals surface area contributed by atoms with Gasteiger partial charge in [0.2, 0.25) is 0 Å². The van der Waals surface area contributed by atoms with E-state index in [9.17, 15) is 8.42 Å². The molecule has 0 N–H and O–H groups in total. The van der Waals surface area contributed by atoms with E-state index in [1.165, 1.54) is 5.56 Å². The topological polar surface area (TPSA) is 49.7 Å². The van der Waals surface area contributed by atoms with E-state index in [0.29, 0.717) is 5.02 Å². The summed E-state index contributed by atoms with van der Waals surface area (Å²) in [6.07, 6.45) is 0. The van der Waals surface area contributed by atoms with Crippen LogP contribution in [0, 0.1) is 0 Å². The molecule has 1 fully saturated rings. The van der Waals surface area contributed by atoms with E-state index >= 15 is 0 Å². The van der Waals surface area contributed by atoms with Crippen LogP contribution in [-0.2, 0) is 15.6 Å². The lowest BCUT2D eigenvalue weighted by molar-refractivity contribution is 0.601. The maximum atomic E-state index is 12.0. The van der Waals surface area contributed by atoms with Crippen molar-refractivity contribution in [2.45, 2.75) is 17.8 Å². The van der Waals surface area contributed by atoms with Gasteiger partial charge in [0.15, 0.2) is 15.0 Å². The van der Waals surface area contributed by atoms with Gasteiger partial charge in [-0.3, -0.25) is 4.99 Å². The molecule has 0 aliphatic carbocycles. The molecule has 0 aromatic heterocycles. The summed E-state index contributed by atoms with van der Waals surface area (Å²) in [7, 11) is -3.03. The van der Waals surface area contributed by atoms with Gasteiger partial charge in [-0.25, -0.2) is 8.42 Å². The van der Waals surface area contributed by atoms with Gasteiger partial charge in [-0.2, -0.15) is 0 Å². The molecule has 0 unspecified atom stereocenters. The Bertz CT molecular complexity index is 898. The Labute approximate surface area is 156 Å². The number of fused-ring (bicyclic) bond motifs is 1. The molecule has 0 bridgehead atoms. The number of anilines is 1. The molecule has 2 atom stereocenters. The zero-order valence-electron chi connectivity index (χ0n) is 13.4. The summed E-state index contributed by atoms with van der Waals surface area (Å²) in [5.74, 6) is 1.09. The van der Waals surface area contributed by atoms with E-state index < -0.39 is 9.84 Å². The minimum atomic E-state index is -3.03. The quantitative estimate of drug-likeness (QED) is 0.800. The number of halogens is 1.